The minimum Gasteiger partial charge on any atom is -0.508 e. The zero-order valence-electron chi connectivity index (χ0n) is 19.2. The van der Waals surface area contributed by atoms with Gasteiger partial charge in [-0.1, -0.05) is 41.4 Å². The summed E-state index contributed by atoms with van der Waals surface area (Å²) in [4.78, 5) is 15.4. The van der Waals surface area contributed by atoms with Gasteiger partial charge in [0.2, 0.25) is 5.91 Å². The van der Waals surface area contributed by atoms with Crippen molar-refractivity contribution in [1.82, 2.24) is 10.2 Å². The van der Waals surface area contributed by atoms with Gasteiger partial charge in [0.15, 0.2) is 0 Å². The van der Waals surface area contributed by atoms with Crippen molar-refractivity contribution in [1.29, 1.82) is 0 Å². The average molecular weight is 503 g/mol. The fourth-order valence-corrected chi connectivity index (χ4v) is 6.48. The van der Waals surface area contributed by atoms with Crippen molar-refractivity contribution < 1.29 is 15.0 Å². The van der Waals surface area contributed by atoms with Crippen LogP contribution in [0.5, 0.6) is 5.75 Å². The zero-order chi connectivity index (χ0) is 23.9. The lowest BCUT2D eigenvalue weighted by atomic mass is 9.57. The Labute approximate surface area is 211 Å². The molecule has 1 heterocycles. The van der Waals surface area contributed by atoms with Crippen molar-refractivity contribution in [2.45, 2.75) is 56.1 Å². The van der Waals surface area contributed by atoms with E-state index in [9.17, 15) is 15.0 Å². The predicted molar refractivity (Wildman–Crippen MR) is 134 cm³/mol. The Kier molecular flexibility index (Phi) is 6.82. The lowest BCUT2D eigenvalue weighted by Crippen LogP contribution is -2.61. The van der Waals surface area contributed by atoms with Crippen molar-refractivity contribution >= 4 is 29.1 Å². The van der Waals surface area contributed by atoms with Crippen LogP contribution in [0, 0.1) is 11.8 Å². The fourth-order valence-electron chi connectivity index (χ4n) is 6.16. The van der Waals surface area contributed by atoms with Gasteiger partial charge in [0.1, 0.15) is 5.75 Å². The molecule has 0 bridgehead atoms. The van der Waals surface area contributed by atoms with Crippen LogP contribution in [0.1, 0.15) is 43.2 Å². The molecule has 5 nitrogen and oxygen atoms in total. The van der Waals surface area contributed by atoms with E-state index in [0.717, 1.165) is 49.5 Å². The highest BCUT2D eigenvalue weighted by atomic mass is 35.5. The number of phenolic OH excluding ortho intramolecular Hbond substituents is 1. The van der Waals surface area contributed by atoms with Gasteiger partial charge in [-0.25, -0.2) is 0 Å². The maximum absolute atomic E-state index is 12.9. The molecule has 2 aliphatic carbocycles. The minimum atomic E-state index is -0.520. The third-order valence-corrected chi connectivity index (χ3v) is 8.73. The molecule has 3 unspecified atom stereocenters. The van der Waals surface area contributed by atoms with Crippen LogP contribution >= 0.6 is 23.2 Å². The molecular weight excluding hydrogens is 471 g/mol. The molecular formula is C27H32Cl2N2O3. The number of aliphatic hydroxyl groups excluding tert-OH is 1. The number of nitrogens with zero attached hydrogens (tertiary/aromatic N) is 1. The normalized spacial score (nSPS) is 29.4. The fraction of sp³-hybridized carbons (Fsp3) is 0.519. The third kappa shape index (κ3) is 5.08. The Morgan fingerprint density at radius 2 is 1.97 bits per heavy atom. The summed E-state index contributed by atoms with van der Waals surface area (Å²) in [6.07, 6.45) is 4.51. The second kappa shape index (κ2) is 9.69. The van der Waals surface area contributed by atoms with Crippen LogP contribution in [-0.4, -0.2) is 52.8 Å². The largest absolute Gasteiger partial charge is 0.508 e. The lowest BCUT2D eigenvalue weighted by molar-refractivity contribution is -0.122. The van der Waals surface area contributed by atoms with Crippen molar-refractivity contribution in [3.05, 3.63) is 63.6 Å². The van der Waals surface area contributed by atoms with E-state index >= 15 is 0 Å². The van der Waals surface area contributed by atoms with Gasteiger partial charge in [-0.15, -0.1) is 0 Å². The van der Waals surface area contributed by atoms with Crippen LogP contribution in [0.25, 0.3) is 0 Å². The van der Waals surface area contributed by atoms with Crippen molar-refractivity contribution in [2.75, 3.05) is 19.6 Å². The summed E-state index contributed by atoms with van der Waals surface area (Å²) in [6, 6.07) is 12.6. The molecule has 4 atom stereocenters. The van der Waals surface area contributed by atoms with E-state index in [1.807, 2.05) is 18.2 Å². The molecule has 2 aromatic carbocycles. The number of nitrogens with one attached hydrogen (secondary N) is 1. The van der Waals surface area contributed by atoms with Gasteiger partial charge < -0.3 is 20.4 Å². The molecule has 182 valence electrons. The van der Waals surface area contributed by atoms with Crippen LogP contribution in [0.15, 0.2) is 42.5 Å². The van der Waals surface area contributed by atoms with Crippen molar-refractivity contribution in [3.8, 4) is 5.75 Å². The first kappa shape index (κ1) is 23.9. The Hall–Kier alpha value is -1.79. The Bertz CT molecular complexity index is 1060. The second-order valence-corrected chi connectivity index (χ2v) is 11.3. The first-order chi connectivity index (χ1) is 16.3. The summed E-state index contributed by atoms with van der Waals surface area (Å²) in [5, 5.41) is 25.6. The van der Waals surface area contributed by atoms with Crippen LogP contribution in [0.2, 0.25) is 10.0 Å². The van der Waals surface area contributed by atoms with Gasteiger partial charge >= 0.3 is 0 Å². The molecule has 1 saturated heterocycles. The van der Waals surface area contributed by atoms with E-state index in [1.54, 1.807) is 18.2 Å². The van der Waals surface area contributed by atoms with Gasteiger partial charge in [0, 0.05) is 30.5 Å². The molecule has 2 aromatic rings. The topological polar surface area (TPSA) is 72.8 Å². The van der Waals surface area contributed by atoms with Crippen molar-refractivity contribution in [2.24, 2.45) is 11.8 Å². The number of phenols is 1. The summed E-state index contributed by atoms with van der Waals surface area (Å²) >= 11 is 12.1. The number of likely N-dealkylation sites (tertiary alicyclic amines) is 1. The van der Waals surface area contributed by atoms with Crippen molar-refractivity contribution in [3.63, 3.8) is 0 Å². The van der Waals surface area contributed by atoms with E-state index in [-0.39, 0.29) is 35.5 Å². The summed E-state index contributed by atoms with van der Waals surface area (Å²) in [7, 11) is 0. The Morgan fingerprint density at radius 1 is 1.15 bits per heavy atom. The number of piperidine rings is 1. The van der Waals surface area contributed by atoms with E-state index < -0.39 is 6.10 Å². The zero-order valence-corrected chi connectivity index (χ0v) is 20.7. The first-order valence-electron chi connectivity index (χ1n) is 12.3. The first-order valence-corrected chi connectivity index (χ1v) is 13.0. The number of fused-ring (bicyclic) bond motifs is 1. The van der Waals surface area contributed by atoms with Crippen LogP contribution in [-0.2, 0) is 16.6 Å². The number of halogens is 2. The maximum Gasteiger partial charge on any atom is 0.224 e. The average Bonchev–Trinajstić information content (AvgIpc) is 3.61. The summed E-state index contributed by atoms with van der Waals surface area (Å²) in [5.41, 5.74) is 1.58. The van der Waals surface area contributed by atoms with E-state index in [4.69, 9.17) is 23.2 Å². The number of aliphatic hydroxyl groups is 1. The highest BCUT2D eigenvalue weighted by Crippen LogP contribution is 2.50. The summed E-state index contributed by atoms with van der Waals surface area (Å²) in [6.45, 7) is 2.94. The highest BCUT2D eigenvalue weighted by Gasteiger charge is 2.52. The standard InChI is InChI=1S/C27H32Cl2N2O3/c28-23-7-6-18(10-24(23)29)11-26(34)30-20-13-25(33)22-16-31(15-17-4-5-17)9-8-27(22,14-20)19-2-1-3-21(32)12-19/h1-3,6-7,10,12,17,20,22,25,32-33H,4-5,8-9,11,13-16H2,(H,30,34)/t20-,22?,25?,27?/m0/s1. The molecule has 0 aromatic heterocycles. The van der Waals surface area contributed by atoms with Crippen LogP contribution in [0.3, 0.4) is 0 Å². The van der Waals surface area contributed by atoms with E-state index in [1.165, 1.54) is 12.8 Å². The number of hydrogen-bond donors (Lipinski definition) is 3. The van der Waals surface area contributed by atoms with Gasteiger partial charge in [-0.3, -0.25) is 4.79 Å². The molecule has 0 radical (unpaired) electrons. The Balaban J connectivity index is 1.35. The SMILES string of the molecule is O=C(Cc1ccc(Cl)c(Cl)c1)N[C@H]1CC(O)C2CN(CC3CC3)CCC2(c2cccc(O)c2)C1. The molecule has 3 aliphatic rings. The number of hydrogen-bond acceptors (Lipinski definition) is 4. The summed E-state index contributed by atoms with van der Waals surface area (Å²) in [5.74, 6) is 1.03. The molecule has 34 heavy (non-hydrogen) atoms. The Morgan fingerprint density at radius 3 is 2.71 bits per heavy atom. The number of carbonyl (C=O) groups excluding carboxylic acids is 1. The lowest BCUT2D eigenvalue weighted by Gasteiger charge is -2.55. The highest BCUT2D eigenvalue weighted by molar-refractivity contribution is 6.42. The van der Waals surface area contributed by atoms with Crippen LogP contribution < -0.4 is 5.32 Å². The molecule has 7 heteroatoms. The van der Waals surface area contributed by atoms with Gasteiger partial charge in [-0.05, 0) is 80.0 Å². The number of rotatable bonds is 6. The van der Waals surface area contributed by atoms with Gasteiger partial charge in [0.05, 0.1) is 22.6 Å². The maximum atomic E-state index is 12.9. The molecule has 3 N–H and O–H groups in total. The van der Waals surface area contributed by atoms with Gasteiger partial charge in [0.25, 0.3) is 0 Å². The van der Waals surface area contributed by atoms with E-state index in [2.05, 4.69) is 16.3 Å². The predicted octanol–water partition coefficient (Wildman–Crippen LogP) is 4.55. The number of amides is 1. The molecule has 5 rings (SSSR count). The van der Waals surface area contributed by atoms with Crippen LogP contribution in [0.4, 0.5) is 0 Å². The number of carbonyl (C=O) groups is 1. The van der Waals surface area contributed by atoms with E-state index in [0.29, 0.717) is 16.5 Å². The molecule has 1 aliphatic heterocycles. The molecule has 1 amide bonds. The number of benzene rings is 2. The number of aromatic hydroxyl groups is 1. The molecule has 0 spiro atoms. The molecule has 2 saturated carbocycles. The monoisotopic (exact) mass is 502 g/mol. The third-order valence-electron chi connectivity index (χ3n) is 7.99. The summed E-state index contributed by atoms with van der Waals surface area (Å²) < 4.78 is 0. The van der Waals surface area contributed by atoms with Gasteiger partial charge in [-0.2, -0.15) is 0 Å². The minimum absolute atomic E-state index is 0.0741. The smallest absolute Gasteiger partial charge is 0.224 e. The molecule has 3 fully saturated rings. The quantitative estimate of drug-likeness (QED) is 0.541. The second-order valence-electron chi connectivity index (χ2n) is 10.5.